The fourth-order valence-electron chi connectivity index (χ4n) is 11.9. The van der Waals surface area contributed by atoms with Crippen LogP contribution in [0.4, 0.5) is 0 Å². The van der Waals surface area contributed by atoms with E-state index in [2.05, 4.69) is 55.4 Å². The number of fused-ring (bicyclic) bond motifs is 7. The van der Waals surface area contributed by atoms with Crippen molar-refractivity contribution in [1.29, 1.82) is 0 Å². The highest BCUT2D eigenvalue weighted by Gasteiger charge is 2.75. The monoisotopic (exact) mass is 474 g/mol. The normalized spacial score (nSPS) is 58.1. The first kappa shape index (κ1) is 25.5. The Morgan fingerprint density at radius 3 is 1.97 bits per heavy atom. The summed E-state index contributed by atoms with van der Waals surface area (Å²) in [6.45, 7) is 19.8. The second kappa shape index (κ2) is 7.25. The molecular weight excluding hydrogens is 420 g/mol. The molecule has 0 aromatic rings. The van der Waals surface area contributed by atoms with Crippen LogP contribution in [-0.4, -0.2) is 34.1 Å². The lowest BCUT2D eigenvalue weighted by Gasteiger charge is -2.78. The summed E-state index contributed by atoms with van der Waals surface area (Å²) in [6.07, 6.45) is 10.4. The molecule has 5 rings (SSSR count). The lowest BCUT2D eigenvalue weighted by atomic mass is 9.27. The summed E-state index contributed by atoms with van der Waals surface area (Å²) in [5.41, 5.74) is 0.400. The van der Waals surface area contributed by atoms with Gasteiger partial charge < -0.3 is 15.3 Å². The van der Waals surface area contributed by atoms with Crippen LogP contribution >= 0.6 is 0 Å². The van der Waals surface area contributed by atoms with E-state index >= 15 is 0 Å². The third-order valence-electron chi connectivity index (χ3n) is 14.6. The number of aliphatic hydroxyl groups is 3. The van der Waals surface area contributed by atoms with Crippen LogP contribution in [0.25, 0.3) is 0 Å². The summed E-state index contributed by atoms with van der Waals surface area (Å²) in [5.74, 6) is 1.36. The van der Waals surface area contributed by atoms with E-state index in [-0.39, 0.29) is 56.7 Å². The van der Waals surface area contributed by atoms with E-state index in [4.69, 9.17) is 0 Å². The van der Waals surface area contributed by atoms with Crippen molar-refractivity contribution in [2.24, 2.45) is 55.7 Å². The van der Waals surface area contributed by atoms with Crippen LogP contribution in [0, 0.1) is 55.7 Å². The predicted molar refractivity (Wildman–Crippen MR) is 138 cm³/mol. The quantitative estimate of drug-likeness (QED) is 0.402. The number of aliphatic hydroxyl groups excluding tert-OH is 3. The highest BCUT2D eigenvalue weighted by atomic mass is 16.3. The lowest BCUT2D eigenvalue weighted by molar-refractivity contribution is -0.318. The second-order valence-corrected chi connectivity index (χ2v) is 16.3. The van der Waals surface area contributed by atoms with Crippen LogP contribution in [0.15, 0.2) is 0 Å². The van der Waals surface area contributed by atoms with E-state index in [9.17, 15) is 15.3 Å². The number of hydrogen-bond acceptors (Lipinski definition) is 3. The Balaban J connectivity index is 1.62. The van der Waals surface area contributed by atoms with Crippen molar-refractivity contribution in [3.63, 3.8) is 0 Å². The minimum Gasteiger partial charge on any atom is -0.396 e. The molecule has 0 aromatic heterocycles. The molecule has 1 unspecified atom stereocenters. The maximum absolute atomic E-state index is 12.3. The van der Waals surface area contributed by atoms with Crippen molar-refractivity contribution < 1.29 is 15.3 Å². The SMILES string of the molecule is CC1(C)CC[C@]2(CO)CC[C@]3(C)C(C)([C@H](O)C[C@@H]4[C@@]5(C)CC[C@H](O)C(C)(C)[C@@H]5CC[C@]43C)[C@@H]2C1. The van der Waals surface area contributed by atoms with Gasteiger partial charge in [0, 0.05) is 12.0 Å². The fraction of sp³-hybridized carbons (Fsp3) is 1.00. The second-order valence-electron chi connectivity index (χ2n) is 16.3. The molecule has 0 heterocycles. The van der Waals surface area contributed by atoms with Gasteiger partial charge in [-0.05, 0) is 114 Å². The van der Waals surface area contributed by atoms with E-state index < -0.39 is 0 Å². The number of hydrogen-bond donors (Lipinski definition) is 3. The molecule has 0 aliphatic heterocycles. The molecule has 10 atom stereocenters. The van der Waals surface area contributed by atoms with Crippen LogP contribution in [0.3, 0.4) is 0 Å². The fourth-order valence-corrected chi connectivity index (χ4v) is 11.9. The highest BCUT2D eigenvalue weighted by molar-refractivity contribution is 5.24. The zero-order valence-electron chi connectivity index (χ0n) is 23.5. The standard InChI is InChI=1S/C31H54O3/c1-25(2)13-15-31(19-32)16-14-29(7)28(6)12-9-20-26(3,4)23(33)10-11-27(20,5)21(28)17-24(34)30(29,8)22(31)18-25/h20-24,32-34H,9-19H2,1-8H3/t20-,21+,22-,23-,24+,27-,28+,29-,30?,31+/m0/s1. The van der Waals surface area contributed by atoms with Crippen LogP contribution in [0.5, 0.6) is 0 Å². The summed E-state index contributed by atoms with van der Waals surface area (Å²) < 4.78 is 0. The van der Waals surface area contributed by atoms with Gasteiger partial charge in [0.05, 0.1) is 12.2 Å². The van der Waals surface area contributed by atoms with Crippen LogP contribution < -0.4 is 0 Å². The van der Waals surface area contributed by atoms with Crippen molar-refractivity contribution in [3.05, 3.63) is 0 Å². The van der Waals surface area contributed by atoms with Gasteiger partial charge in [-0.2, -0.15) is 0 Å². The molecule has 5 aliphatic carbocycles. The molecule has 0 saturated heterocycles. The van der Waals surface area contributed by atoms with Gasteiger partial charge in [-0.25, -0.2) is 0 Å². The Labute approximate surface area is 209 Å². The molecule has 0 bridgehead atoms. The molecule has 3 nitrogen and oxygen atoms in total. The summed E-state index contributed by atoms with van der Waals surface area (Å²) in [5, 5.41) is 34.0. The predicted octanol–water partition coefficient (Wildman–Crippen LogP) is 6.58. The van der Waals surface area contributed by atoms with Crippen molar-refractivity contribution in [2.75, 3.05) is 6.61 Å². The third-order valence-corrected chi connectivity index (χ3v) is 14.6. The lowest BCUT2D eigenvalue weighted by Crippen LogP contribution is -2.74. The van der Waals surface area contributed by atoms with Crippen molar-refractivity contribution in [3.8, 4) is 0 Å². The van der Waals surface area contributed by atoms with Gasteiger partial charge >= 0.3 is 0 Å². The first-order valence-electron chi connectivity index (χ1n) is 14.5. The number of rotatable bonds is 1. The molecule has 3 N–H and O–H groups in total. The summed E-state index contributed by atoms with van der Waals surface area (Å²) in [7, 11) is 0. The Morgan fingerprint density at radius 2 is 1.32 bits per heavy atom. The van der Waals surface area contributed by atoms with Gasteiger partial charge in [-0.3, -0.25) is 0 Å². The van der Waals surface area contributed by atoms with Crippen molar-refractivity contribution in [2.45, 2.75) is 132 Å². The van der Waals surface area contributed by atoms with Gasteiger partial charge in [0.15, 0.2) is 0 Å². The van der Waals surface area contributed by atoms with Crippen LogP contribution in [0.2, 0.25) is 0 Å². The van der Waals surface area contributed by atoms with E-state index in [1.807, 2.05) is 0 Å². The molecule has 5 saturated carbocycles. The van der Waals surface area contributed by atoms with Gasteiger partial charge in [-0.1, -0.05) is 55.4 Å². The van der Waals surface area contributed by atoms with Crippen LogP contribution in [0.1, 0.15) is 120 Å². The third kappa shape index (κ3) is 2.82. The van der Waals surface area contributed by atoms with E-state index in [1.54, 1.807) is 0 Å². The van der Waals surface area contributed by atoms with E-state index in [0.717, 1.165) is 44.9 Å². The van der Waals surface area contributed by atoms with E-state index in [1.165, 1.54) is 19.3 Å². The van der Waals surface area contributed by atoms with E-state index in [0.29, 0.717) is 17.8 Å². The Bertz CT molecular complexity index is 835. The maximum Gasteiger partial charge on any atom is 0.0605 e. The molecule has 5 aliphatic rings. The average molecular weight is 475 g/mol. The van der Waals surface area contributed by atoms with Gasteiger partial charge in [0.1, 0.15) is 0 Å². The molecule has 0 spiro atoms. The molecule has 5 fully saturated rings. The summed E-state index contributed by atoms with van der Waals surface area (Å²) >= 11 is 0. The largest absolute Gasteiger partial charge is 0.396 e. The Kier molecular flexibility index (Phi) is 5.44. The first-order chi connectivity index (χ1) is 15.5. The molecule has 0 radical (unpaired) electrons. The smallest absolute Gasteiger partial charge is 0.0605 e. The molecule has 0 aromatic carbocycles. The molecular formula is C31H54O3. The first-order valence-corrected chi connectivity index (χ1v) is 14.5. The Morgan fingerprint density at radius 1 is 0.676 bits per heavy atom. The van der Waals surface area contributed by atoms with Gasteiger partial charge in [-0.15, -0.1) is 0 Å². The van der Waals surface area contributed by atoms with Crippen molar-refractivity contribution in [1.82, 2.24) is 0 Å². The molecule has 3 heteroatoms. The minimum absolute atomic E-state index is 0.0218. The van der Waals surface area contributed by atoms with Crippen LogP contribution in [-0.2, 0) is 0 Å². The highest BCUT2D eigenvalue weighted by Crippen LogP contribution is 2.80. The summed E-state index contributed by atoms with van der Waals surface area (Å²) in [6, 6.07) is 0. The molecule has 34 heavy (non-hydrogen) atoms. The van der Waals surface area contributed by atoms with Gasteiger partial charge in [0.2, 0.25) is 0 Å². The van der Waals surface area contributed by atoms with Crippen molar-refractivity contribution >= 4 is 0 Å². The molecule has 0 amide bonds. The molecule has 196 valence electrons. The van der Waals surface area contributed by atoms with Gasteiger partial charge in [0.25, 0.3) is 0 Å². The zero-order chi connectivity index (χ0) is 25.2. The average Bonchev–Trinajstić information content (AvgIpc) is 2.76. The maximum atomic E-state index is 12.3. The Hall–Kier alpha value is -0.120. The zero-order valence-corrected chi connectivity index (χ0v) is 23.5. The summed E-state index contributed by atoms with van der Waals surface area (Å²) in [4.78, 5) is 0. The minimum atomic E-state index is -0.328. The topological polar surface area (TPSA) is 60.7 Å².